The number of hydrogen-bond donors (Lipinski definition) is 1. The molecule has 8 heteroatoms. The molecule has 0 radical (unpaired) electrons. The molecule has 1 aromatic carbocycles. The van der Waals surface area contributed by atoms with Crippen LogP contribution in [-0.4, -0.2) is 36.9 Å². The number of benzene rings is 1. The van der Waals surface area contributed by atoms with Gasteiger partial charge in [-0.25, -0.2) is 9.78 Å². The first-order valence-electron chi connectivity index (χ1n) is 6.12. The lowest BCUT2D eigenvalue weighted by Gasteiger charge is -2.12. The highest BCUT2D eigenvalue weighted by molar-refractivity contribution is 6.29. The zero-order valence-corrected chi connectivity index (χ0v) is 12.5. The Balaban J connectivity index is 2.56. The Kier molecular flexibility index (Phi) is 4.64. The van der Waals surface area contributed by atoms with Gasteiger partial charge in [0.2, 0.25) is 5.28 Å². The summed E-state index contributed by atoms with van der Waals surface area (Å²) < 4.78 is 15.3. The van der Waals surface area contributed by atoms with Crippen molar-refractivity contribution in [1.82, 2.24) is 9.97 Å². The first-order valence-corrected chi connectivity index (χ1v) is 6.49. The van der Waals surface area contributed by atoms with Crippen LogP contribution in [0.1, 0.15) is 6.92 Å². The zero-order valence-electron chi connectivity index (χ0n) is 11.8. The van der Waals surface area contributed by atoms with Gasteiger partial charge < -0.3 is 14.2 Å². The minimum absolute atomic E-state index is 0.00141. The smallest absolute Gasteiger partial charge is 0.412 e. The van der Waals surface area contributed by atoms with Gasteiger partial charge in [-0.15, -0.1) is 0 Å². The number of nitrogens with one attached hydrogen (secondary N) is 1. The topological polar surface area (TPSA) is 82.6 Å². The predicted molar refractivity (Wildman–Crippen MR) is 78.3 cm³/mol. The number of halogens is 1. The van der Waals surface area contributed by atoms with Crippen LogP contribution in [0.4, 0.5) is 10.6 Å². The molecule has 2 rings (SSSR count). The summed E-state index contributed by atoms with van der Waals surface area (Å²) in [6.07, 6.45) is -0.622. The van der Waals surface area contributed by atoms with E-state index in [2.05, 4.69) is 15.3 Å². The monoisotopic (exact) mass is 311 g/mol. The maximum absolute atomic E-state index is 11.6. The minimum atomic E-state index is -0.622. The Morgan fingerprint density at radius 3 is 2.52 bits per heavy atom. The van der Waals surface area contributed by atoms with Gasteiger partial charge in [-0.3, -0.25) is 5.32 Å². The summed E-state index contributed by atoms with van der Waals surface area (Å²) in [5.41, 5.74) is 0.513. The fourth-order valence-corrected chi connectivity index (χ4v) is 1.96. The number of rotatable bonds is 4. The first-order chi connectivity index (χ1) is 10.1. The molecule has 0 saturated heterocycles. The van der Waals surface area contributed by atoms with Gasteiger partial charge in [0.25, 0.3) is 0 Å². The maximum atomic E-state index is 11.6. The fraction of sp³-hybridized carbons (Fsp3) is 0.308. The van der Waals surface area contributed by atoms with E-state index in [1.54, 1.807) is 19.1 Å². The van der Waals surface area contributed by atoms with E-state index in [9.17, 15) is 4.79 Å². The molecule has 0 aliphatic rings. The van der Waals surface area contributed by atoms with Crippen molar-refractivity contribution in [3.63, 3.8) is 0 Å². The van der Waals surface area contributed by atoms with Crippen molar-refractivity contribution in [3.05, 3.63) is 17.4 Å². The van der Waals surface area contributed by atoms with E-state index in [0.29, 0.717) is 22.4 Å². The number of carbonyl (C=O) groups is 1. The fourth-order valence-electron chi connectivity index (χ4n) is 1.79. The molecule has 1 N–H and O–H groups in total. The summed E-state index contributed by atoms with van der Waals surface area (Å²) in [5, 5.41) is 3.08. The van der Waals surface area contributed by atoms with Crippen molar-refractivity contribution >= 4 is 34.4 Å². The average Bonchev–Trinajstić information content (AvgIpc) is 2.46. The maximum Gasteiger partial charge on any atom is 0.412 e. The van der Waals surface area contributed by atoms with E-state index < -0.39 is 6.09 Å². The second-order valence-corrected chi connectivity index (χ2v) is 4.25. The second kappa shape index (κ2) is 6.45. The largest absolute Gasteiger partial charge is 0.493 e. The van der Waals surface area contributed by atoms with Gasteiger partial charge in [-0.05, 0) is 24.6 Å². The number of nitrogens with zero attached hydrogens (tertiary/aromatic N) is 2. The standard InChI is InChI=1S/C13H14ClN3O4/c1-4-21-13(18)17-11-7-5-9(19-2)10(20-3)6-8(7)15-12(14)16-11/h5-6H,4H2,1-3H3,(H,15,16,17,18). The molecule has 0 fully saturated rings. The Hall–Kier alpha value is -2.28. The lowest BCUT2D eigenvalue weighted by molar-refractivity contribution is 0.168. The van der Waals surface area contributed by atoms with Crippen molar-refractivity contribution in [2.24, 2.45) is 0 Å². The summed E-state index contributed by atoms with van der Waals surface area (Å²) >= 11 is 5.87. The van der Waals surface area contributed by atoms with Crippen LogP contribution in [0.25, 0.3) is 10.9 Å². The molecule has 0 spiro atoms. The highest BCUT2D eigenvalue weighted by atomic mass is 35.5. The summed E-state index contributed by atoms with van der Waals surface area (Å²) in [4.78, 5) is 19.7. The van der Waals surface area contributed by atoms with Gasteiger partial charge in [0.15, 0.2) is 11.5 Å². The number of carbonyl (C=O) groups excluding carboxylic acids is 1. The van der Waals surface area contributed by atoms with Gasteiger partial charge >= 0.3 is 6.09 Å². The molecule has 2 aromatic rings. The lowest BCUT2D eigenvalue weighted by atomic mass is 10.2. The van der Waals surface area contributed by atoms with E-state index in [1.807, 2.05) is 0 Å². The Morgan fingerprint density at radius 2 is 1.90 bits per heavy atom. The van der Waals surface area contributed by atoms with Crippen molar-refractivity contribution < 1.29 is 19.0 Å². The number of hydrogen-bond acceptors (Lipinski definition) is 6. The quantitative estimate of drug-likeness (QED) is 0.874. The van der Waals surface area contributed by atoms with Crippen LogP contribution < -0.4 is 14.8 Å². The molecule has 0 atom stereocenters. The van der Waals surface area contributed by atoms with Crippen LogP contribution in [0.15, 0.2) is 12.1 Å². The SMILES string of the molecule is CCOC(=O)Nc1nc(Cl)nc2cc(OC)c(OC)cc12. The summed E-state index contributed by atoms with van der Waals surface area (Å²) in [7, 11) is 3.03. The Morgan fingerprint density at radius 1 is 1.24 bits per heavy atom. The van der Waals surface area contributed by atoms with E-state index in [0.717, 1.165) is 0 Å². The highest BCUT2D eigenvalue weighted by Gasteiger charge is 2.14. The van der Waals surface area contributed by atoms with Gasteiger partial charge in [-0.2, -0.15) is 4.98 Å². The Bertz CT molecular complexity index is 678. The molecule has 0 aliphatic heterocycles. The van der Waals surface area contributed by atoms with Crippen LogP contribution in [0, 0.1) is 0 Å². The van der Waals surface area contributed by atoms with Gasteiger partial charge in [-0.1, -0.05) is 0 Å². The van der Waals surface area contributed by atoms with E-state index in [-0.39, 0.29) is 17.7 Å². The number of methoxy groups -OCH3 is 2. The summed E-state index contributed by atoms with van der Waals surface area (Å²) in [5.74, 6) is 1.23. The third kappa shape index (κ3) is 3.25. The predicted octanol–water partition coefficient (Wildman–Crippen LogP) is 2.87. The van der Waals surface area contributed by atoms with Crippen LogP contribution >= 0.6 is 11.6 Å². The molecule has 0 unspecified atom stereocenters. The van der Waals surface area contributed by atoms with E-state index >= 15 is 0 Å². The van der Waals surface area contributed by atoms with Crippen molar-refractivity contribution in [2.75, 3.05) is 26.1 Å². The molecule has 0 aliphatic carbocycles. The number of amides is 1. The molecule has 112 valence electrons. The molecule has 0 bridgehead atoms. The number of anilines is 1. The molecular weight excluding hydrogens is 298 g/mol. The highest BCUT2D eigenvalue weighted by Crippen LogP contribution is 2.34. The number of ether oxygens (including phenoxy) is 3. The van der Waals surface area contributed by atoms with Crippen LogP contribution in [-0.2, 0) is 4.74 Å². The van der Waals surface area contributed by atoms with Crippen LogP contribution in [0.5, 0.6) is 11.5 Å². The molecular formula is C13H14ClN3O4. The zero-order chi connectivity index (χ0) is 15.4. The van der Waals surface area contributed by atoms with E-state index in [1.165, 1.54) is 14.2 Å². The molecule has 1 heterocycles. The number of fused-ring (bicyclic) bond motifs is 1. The normalized spacial score (nSPS) is 10.3. The summed E-state index contributed by atoms with van der Waals surface area (Å²) in [6, 6.07) is 3.31. The van der Waals surface area contributed by atoms with Crippen LogP contribution in [0.2, 0.25) is 5.28 Å². The van der Waals surface area contributed by atoms with Crippen molar-refractivity contribution in [2.45, 2.75) is 6.92 Å². The third-order valence-corrected chi connectivity index (χ3v) is 2.84. The third-order valence-electron chi connectivity index (χ3n) is 2.67. The lowest BCUT2D eigenvalue weighted by Crippen LogP contribution is -2.15. The molecule has 0 saturated carbocycles. The minimum Gasteiger partial charge on any atom is -0.493 e. The summed E-state index contributed by atoms with van der Waals surface area (Å²) in [6.45, 7) is 1.96. The van der Waals surface area contributed by atoms with Gasteiger partial charge in [0.1, 0.15) is 5.82 Å². The van der Waals surface area contributed by atoms with Gasteiger partial charge in [0.05, 0.1) is 26.3 Å². The molecule has 1 amide bonds. The average molecular weight is 312 g/mol. The van der Waals surface area contributed by atoms with Crippen molar-refractivity contribution in [1.29, 1.82) is 0 Å². The molecule has 1 aromatic heterocycles. The van der Waals surface area contributed by atoms with Crippen molar-refractivity contribution in [3.8, 4) is 11.5 Å². The van der Waals surface area contributed by atoms with Crippen LogP contribution in [0.3, 0.4) is 0 Å². The number of aromatic nitrogens is 2. The molecule has 7 nitrogen and oxygen atoms in total. The second-order valence-electron chi connectivity index (χ2n) is 3.91. The Labute approximate surface area is 126 Å². The van der Waals surface area contributed by atoms with E-state index in [4.69, 9.17) is 25.8 Å². The molecule has 21 heavy (non-hydrogen) atoms. The van der Waals surface area contributed by atoms with Gasteiger partial charge in [0, 0.05) is 11.5 Å². The first kappa shape index (κ1) is 15.1.